The van der Waals surface area contributed by atoms with Crippen LogP contribution in [0.2, 0.25) is 0 Å². The fourth-order valence-corrected chi connectivity index (χ4v) is 10.8. The van der Waals surface area contributed by atoms with Crippen LogP contribution in [-0.4, -0.2) is 141 Å². The van der Waals surface area contributed by atoms with Crippen molar-refractivity contribution in [2.24, 2.45) is 34.5 Å². The maximum Gasteiger partial charge on any atom is 0.331 e. The molecule has 2 spiro atoms. The van der Waals surface area contributed by atoms with Crippen LogP contribution in [0.25, 0.3) is 22.1 Å². The van der Waals surface area contributed by atoms with Crippen molar-refractivity contribution >= 4 is 57.5 Å². The van der Waals surface area contributed by atoms with E-state index in [-0.39, 0.29) is 34.5 Å². The normalized spacial score (nSPS) is 22.8. The molecule has 19 heteroatoms. The van der Waals surface area contributed by atoms with Crippen molar-refractivity contribution in [3.8, 4) is 0 Å². The Labute approximate surface area is 384 Å². The number of rotatable bonds is 13. The summed E-state index contributed by atoms with van der Waals surface area (Å²) in [5, 5.41) is 35.0. The summed E-state index contributed by atoms with van der Waals surface area (Å²) in [7, 11) is 1.24. The number of fused-ring (bicyclic) bond motifs is 2. The second kappa shape index (κ2) is 21.1. The number of amides is 2. The van der Waals surface area contributed by atoms with E-state index in [0.29, 0.717) is 51.0 Å². The number of anilines is 2. The van der Waals surface area contributed by atoms with Gasteiger partial charge in [-0.2, -0.15) is 0 Å². The molecular formula is C47H66N10O9. The molecule has 7 N–H and O–H groups in total. The van der Waals surface area contributed by atoms with E-state index >= 15 is 0 Å². The Morgan fingerprint density at radius 2 is 1.14 bits per heavy atom. The topological polar surface area (TPSA) is 261 Å². The summed E-state index contributed by atoms with van der Waals surface area (Å²) in [5.41, 5.74) is 1.39. The molecular weight excluding hydrogens is 849 g/mol. The van der Waals surface area contributed by atoms with Crippen molar-refractivity contribution in [2.75, 3.05) is 69.5 Å². The average molecular weight is 915 g/mol. The Morgan fingerprint density at radius 1 is 0.682 bits per heavy atom. The summed E-state index contributed by atoms with van der Waals surface area (Å²) in [4.78, 5) is 78.1. The van der Waals surface area contributed by atoms with E-state index in [1.807, 2.05) is 24.5 Å². The van der Waals surface area contributed by atoms with Gasteiger partial charge in [0.25, 0.3) is 0 Å². The maximum absolute atomic E-state index is 13.1. The molecule has 4 atom stereocenters. The van der Waals surface area contributed by atoms with E-state index in [1.165, 1.54) is 45.6 Å². The Hall–Kier alpha value is -5.40. The molecule has 358 valence electrons. The van der Waals surface area contributed by atoms with Crippen LogP contribution in [0.4, 0.5) is 11.6 Å². The highest BCUT2D eigenvalue weighted by Crippen LogP contribution is 2.57. The molecule has 4 aliphatic carbocycles. The zero-order chi connectivity index (χ0) is 46.3. The Balaban J connectivity index is 0.000000158. The molecule has 0 aromatic carbocycles. The van der Waals surface area contributed by atoms with Crippen LogP contribution >= 0.6 is 0 Å². The number of piperidine rings is 2. The largest absolute Gasteiger partial charge is 0.467 e. The van der Waals surface area contributed by atoms with E-state index < -0.39 is 37.2 Å². The Bertz CT molecular complexity index is 2280. The average Bonchev–Trinajstić information content (AvgIpc) is 3.84. The lowest BCUT2D eigenvalue weighted by Gasteiger charge is -2.39. The monoisotopic (exact) mass is 915 g/mol. The molecule has 2 aliphatic heterocycles. The van der Waals surface area contributed by atoms with Crippen LogP contribution in [0.1, 0.15) is 89.9 Å². The number of aliphatic hydroxyl groups excluding tert-OH is 3. The van der Waals surface area contributed by atoms with Gasteiger partial charge in [-0.25, -0.2) is 29.5 Å². The van der Waals surface area contributed by atoms with Gasteiger partial charge in [0.2, 0.25) is 11.8 Å². The number of carbonyl (C=O) groups excluding carboxylic acids is 4. The van der Waals surface area contributed by atoms with Crippen molar-refractivity contribution in [3.05, 3.63) is 37.2 Å². The predicted molar refractivity (Wildman–Crippen MR) is 244 cm³/mol. The molecule has 6 aliphatic rings. The van der Waals surface area contributed by atoms with E-state index in [4.69, 9.17) is 9.84 Å². The third-order valence-corrected chi connectivity index (χ3v) is 15.0. The highest BCUT2D eigenvalue weighted by molar-refractivity contribution is 5.90. The van der Waals surface area contributed by atoms with Gasteiger partial charge in [-0.1, -0.05) is 25.7 Å². The lowest BCUT2D eigenvalue weighted by Crippen LogP contribution is -2.52. The van der Waals surface area contributed by atoms with Gasteiger partial charge in [0, 0.05) is 57.0 Å². The fraction of sp³-hybridized carbons (Fsp3) is 0.660. The molecule has 66 heavy (non-hydrogen) atoms. The zero-order valence-corrected chi connectivity index (χ0v) is 38.0. The number of methoxy groups -OCH3 is 1. The number of carbonyl (C=O) groups is 4. The molecule has 6 heterocycles. The number of nitrogens with one attached hydrogen (secondary N) is 4. The Kier molecular flexibility index (Phi) is 15.0. The summed E-state index contributed by atoms with van der Waals surface area (Å²) in [6.07, 6.45) is 21.7. The SMILES string of the molecule is COC(=O)[C@@H](CO)NC(=O)[C@H]1CCN(c2ncnc3[nH]ccc23)CC12CC2.O=C(N[C@H](CO)C(=O)OCC1CCCC1)[C@H]1CCN(c2ncnc3[nH]ccc23)CC12CC2.OCC1CCCC1. The Morgan fingerprint density at radius 3 is 1.55 bits per heavy atom. The van der Waals surface area contributed by atoms with E-state index in [9.17, 15) is 29.4 Å². The lowest BCUT2D eigenvalue weighted by atomic mass is 9.81. The van der Waals surface area contributed by atoms with Gasteiger partial charge in [0.05, 0.1) is 37.7 Å². The number of ether oxygens (including phenoxy) is 2. The summed E-state index contributed by atoms with van der Waals surface area (Å²) < 4.78 is 10.0. The van der Waals surface area contributed by atoms with E-state index in [1.54, 1.807) is 12.7 Å². The number of hydrogen-bond donors (Lipinski definition) is 7. The molecule has 4 aromatic heterocycles. The minimum atomic E-state index is -1.02. The predicted octanol–water partition coefficient (Wildman–Crippen LogP) is 3.16. The molecule has 0 unspecified atom stereocenters. The van der Waals surface area contributed by atoms with Crippen molar-refractivity contribution in [3.63, 3.8) is 0 Å². The van der Waals surface area contributed by atoms with Crippen molar-refractivity contribution in [2.45, 2.75) is 102 Å². The van der Waals surface area contributed by atoms with Crippen LogP contribution in [-0.2, 0) is 28.7 Å². The van der Waals surface area contributed by atoms with E-state index in [0.717, 1.165) is 85.3 Å². The molecule has 2 saturated heterocycles. The molecule has 2 amide bonds. The van der Waals surface area contributed by atoms with Crippen molar-refractivity contribution in [1.29, 1.82) is 0 Å². The minimum absolute atomic E-state index is 0.105. The van der Waals surface area contributed by atoms with Crippen LogP contribution in [0, 0.1) is 34.5 Å². The van der Waals surface area contributed by atoms with Crippen LogP contribution in [0.3, 0.4) is 0 Å². The second-order valence-electron chi connectivity index (χ2n) is 19.2. The van der Waals surface area contributed by atoms with Crippen LogP contribution in [0.15, 0.2) is 37.2 Å². The number of aromatic amines is 2. The first-order valence-electron chi connectivity index (χ1n) is 23.8. The molecule has 19 nitrogen and oxygen atoms in total. The number of aromatic nitrogens is 6. The van der Waals surface area contributed by atoms with Gasteiger partial charge in [-0.05, 0) is 99.0 Å². The van der Waals surface area contributed by atoms with Crippen molar-refractivity contribution < 1.29 is 44.0 Å². The van der Waals surface area contributed by atoms with Gasteiger partial charge in [-0.3, -0.25) is 9.59 Å². The van der Waals surface area contributed by atoms with E-state index in [2.05, 4.69) is 55.1 Å². The van der Waals surface area contributed by atoms with Gasteiger partial charge in [0.1, 0.15) is 35.6 Å². The standard InChI is InChI=1S/C23H31N5O4.C18H23N5O4.C6H12O/c29-11-18(22(31)32-12-15-3-1-2-4-15)27-21(30)17-6-10-28(13-23(17)7-8-23)20-16-5-9-24-19(16)25-14-26-20;1-27-17(26)13(8-24)22-16(25)12-3-7-23(9-18(12)4-5-18)15-11-2-6-19-14(11)20-10-21-15;7-5-6-3-1-2-4-6/h5,9,14-15,17-18,29H,1-4,6-8,10-13H2,(H,27,30)(H,24,25,26);2,6,10,12-13,24H,3-5,7-9H2,1H3,(H,22,25)(H,19,20,21);6-7H,1-5H2/t17-,18-;12-,13-;/m11./s1. The molecule has 0 bridgehead atoms. The lowest BCUT2D eigenvalue weighted by molar-refractivity contribution is -0.151. The first kappa shape index (κ1) is 47.1. The second-order valence-corrected chi connectivity index (χ2v) is 19.2. The number of esters is 2. The van der Waals surface area contributed by atoms with Crippen molar-refractivity contribution in [1.82, 2.24) is 40.5 Å². The number of H-pyrrole nitrogens is 2. The fourth-order valence-electron chi connectivity index (χ4n) is 10.8. The van der Waals surface area contributed by atoms with Crippen LogP contribution in [0.5, 0.6) is 0 Å². The highest BCUT2D eigenvalue weighted by atomic mass is 16.5. The minimum Gasteiger partial charge on any atom is -0.467 e. The quantitative estimate of drug-likeness (QED) is 0.0951. The third-order valence-electron chi connectivity index (χ3n) is 15.0. The maximum atomic E-state index is 13.1. The summed E-state index contributed by atoms with van der Waals surface area (Å²) in [6, 6.07) is 1.92. The number of aliphatic hydroxyl groups is 3. The van der Waals surface area contributed by atoms with Crippen LogP contribution < -0.4 is 20.4 Å². The molecule has 4 aromatic rings. The highest BCUT2D eigenvalue weighted by Gasteiger charge is 2.57. The number of nitrogens with zero attached hydrogens (tertiary/aromatic N) is 6. The zero-order valence-electron chi connectivity index (χ0n) is 38.0. The van der Waals surface area contributed by atoms with Gasteiger partial charge >= 0.3 is 11.9 Å². The van der Waals surface area contributed by atoms with Gasteiger partial charge < -0.3 is 55.2 Å². The first-order chi connectivity index (χ1) is 32.1. The summed E-state index contributed by atoms with van der Waals surface area (Å²) in [6.45, 7) is 2.75. The summed E-state index contributed by atoms with van der Waals surface area (Å²) >= 11 is 0. The third kappa shape index (κ3) is 10.6. The summed E-state index contributed by atoms with van der Waals surface area (Å²) in [5.74, 6) is 0.949. The first-order valence-corrected chi connectivity index (χ1v) is 23.8. The van der Waals surface area contributed by atoms with Gasteiger partial charge in [-0.15, -0.1) is 0 Å². The number of hydrogen-bond acceptors (Lipinski definition) is 15. The molecule has 6 fully saturated rings. The molecule has 10 rings (SSSR count). The van der Waals surface area contributed by atoms with Gasteiger partial charge in [0.15, 0.2) is 12.1 Å². The molecule has 4 saturated carbocycles. The molecule has 0 radical (unpaired) electrons. The smallest absolute Gasteiger partial charge is 0.331 e.